The molecule has 6 rings (SSSR count). The summed E-state index contributed by atoms with van der Waals surface area (Å²) in [6, 6.07) is 17.8. The van der Waals surface area contributed by atoms with Crippen LogP contribution in [0.2, 0.25) is 0 Å². The molecule has 2 N–H and O–H groups in total. The first-order valence-corrected chi connectivity index (χ1v) is 15.2. The van der Waals surface area contributed by atoms with Crippen molar-refractivity contribution in [1.82, 2.24) is 4.98 Å². The van der Waals surface area contributed by atoms with Gasteiger partial charge in [-0.25, -0.2) is 4.90 Å². The number of fused-ring (bicyclic) bond motifs is 2. The van der Waals surface area contributed by atoms with E-state index in [0.29, 0.717) is 25.6 Å². The third-order valence-electron chi connectivity index (χ3n) is 6.98. The predicted octanol–water partition coefficient (Wildman–Crippen LogP) is 6.03. The molecular formula is C29H19BrF3N3O5S2. The van der Waals surface area contributed by atoms with Gasteiger partial charge in [0.05, 0.1) is 22.2 Å². The number of thioether (sulfide) groups is 1. The molecule has 2 aliphatic heterocycles. The Morgan fingerprint density at radius 3 is 2.51 bits per heavy atom. The van der Waals surface area contributed by atoms with E-state index in [-0.39, 0.29) is 18.0 Å². The van der Waals surface area contributed by atoms with Crippen LogP contribution in [0, 0.1) is 5.92 Å². The lowest BCUT2D eigenvalue weighted by Gasteiger charge is -2.31. The van der Waals surface area contributed by atoms with Crippen molar-refractivity contribution in [2.24, 2.45) is 5.92 Å². The van der Waals surface area contributed by atoms with E-state index in [0.717, 1.165) is 46.2 Å². The van der Waals surface area contributed by atoms with Crippen LogP contribution in [0.1, 0.15) is 21.9 Å². The number of amides is 3. The van der Waals surface area contributed by atoms with Crippen molar-refractivity contribution in [2.75, 3.05) is 16.8 Å². The molecule has 0 bridgehead atoms. The molecular weight excluding hydrogens is 671 g/mol. The van der Waals surface area contributed by atoms with Crippen LogP contribution >= 0.6 is 39.0 Å². The number of nitrogens with one attached hydrogen (secondary N) is 2. The van der Waals surface area contributed by atoms with Crippen molar-refractivity contribution in [3.8, 4) is 5.75 Å². The maximum Gasteiger partial charge on any atom is 0.416 e. The van der Waals surface area contributed by atoms with Crippen LogP contribution in [0.25, 0.3) is 0 Å². The minimum absolute atomic E-state index is 0.196. The molecule has 43 heavy (non-hydrogen) atoms. The Labute approximate surface area is 258 Å². The summed E-state index contributed by atoms with van der Waals surface area (Å²) in [5, 5.41) is 2.08. The number of carbonyl (C=O) groups excluding carboxylic acids is 3. The molecule has 0 aliphatic carbocycles. The van der Waals surface area contributed by atoms with Crippen LogP contribution in [-0.2, 0) is 20.6 Å². The molecule has 3 amide bonds. The molecule has 3 aromatic carbocycles. The number of hydrogen-bond donors (Lipinski definition) is 2. The zero-order chi connectivity index (χ0) is 30.5. The fourth-order valence-corrected chi connectivity index (χ4v) is 8.07. The molecule has 1 aromatic heterocycles. The van der Waals surface area contributed by atoms with Gasteiger partial charge in [-0.15, -0.1) is 0 Å². The molecule has 1 fully saturated rings. The standard InChI is InChI=1S/C29H19BrF3N3O5S2/c30-15-9-10-19(41-13-20(37)34-16-6-2-1-3-7-16)18(12-15)21-22-24(42-25-23(21)43-28(40)35-25)27(39)36(26(22)38)17-8-4-5-14(11-17)29(31,32)33/h1-12,21-22,24H,13H2,(H,34,37)(H,35,40)/t21-,22?,24?/m1/s1. The molecule has 3 atom stereocenters. The van der Waals surface area contributed by atoms with Gasteiger partial charge >= 0.3 is 11.0 Å². The first-order chi connectivity index (χ1) is 20.5. The van der Waals surface area contributed by atoms with E-state index >= 15 is 0 Å². The van der Waals surface area contributed by atoms with Gasteiger partial charge in [-0.3, -0.25) is 19.2 Å². The summed E-state index contributed by atoms with van der Waals surface area (Å²) in [7, 11) is 0. The Kier molecular flexibility index (Phi) is 7.69. The van der Waals surface area contributed by atoms with Gasteiger partial charge < -0.3 is 15.0 Å². The lowest BCUT2D eigenvalue weighted by Crippen LogP contribution is -2.32. The number of halogens is 4. The van der Waals surface area contributed by atoms with Crippen LogP contribution < -0.4 is 19.8 Å². The number of nitrogens with zero attached hydrogens (tertiary/aromatic N) is 1. The Bertz CT molecular complexity index is 1810. The van der Waals surface area contributed by atoms with Crippen molar-refractivity contribution in [3.05, 3.63) is 103 Å². The van der Waals surface area contributed by atoms with Gasteiger partial charge in [0.1, 0.15) is 11.0 Å². The summed E-state index contributed by atoms with van der Waals surface area (Å²) >= 11 is 5.31. The predicted molar refractivity (Wildman–Crippen MR) is 159 cm³/mol. The van der Waals surface area contributed by atoms with Gasteiger partial charge in [0, 0.05) is 26.5 Å². The molecule has 2 aliphatic rings. The number of aromatic nitrogens is 1. The minimum atomic E-state index is -4.68. The lowest BCUT2D eigenvalue weighted by molar-refractivity contribution is -0.137. The van der Waals surface area contributed by atoms with Crippen molar-refractivity contribution >= 4 is 68.1 Å². The zero-order valence-electron chi connectivity index (χ0n) is 21.7. The summed E-state index contributed by atoms with van der Waals surface area (Å²) in [6.07, 6.45) is -4.68. The van der Waals surface area contributed by atoms with Crippen LogP contribution in [-0.4, -0.2) is 34.6 Å². The second kappa shape index (κ2) is 11.3. The van der Waals surface area contributed by atoms with Crippen LogP contribution in [0.5, 0.6) is 5.75 Å². The monoisotopic (exact) mass is 689 g/mol. The van der Waals surface area contributed by atoms with Gasteiger partial charge in [-0.1, -0.05) is 63.3 Å². The Morgan fingerprint density at radius 1 is 1.00 bits per heavy atom. The summed E-state index contributed by atoms with van der Waals surface area (Å²) < 4.78 is 46.9. The number of H-pyrrole nitrogens is 1. The minimum Gasteiger partial charge on any atom is -0.483 e. The number of imide groups is 1. The third kappa shape index (κ3) is 5.61. The smallest absolute Gasteiger partial charge is 0.416 e. The topological polar surface area (TPSA) is 109 Å². The highest BCUT2D eigenvalue weighted by molar-refractivity contribution is 9.10. The average Bonchev–Trinajstić information content (AvgIpc) is 3.46. The van der Waals surface area contributed by atoms with Crippen LogP contribution in [0.15, 0.2) is 87.1 Å². The molecule has 1 saturated heterocycles. The zero-order valence-corrected chi connectivity index (χ0v) is 24.9. The first kappa shape index (κ1) is 29.2. The van der Waals surface area contributed by atoms with Gasteiger partial charge in [0.15, 0.2) is 6.61 Å². The number of hydrogen-bond acceptors (Lipinski definition) is 7. The SMILES string of the molecule is O=C(COc1ccc(Br)cc1[C@H]1c2sc(=O)[nH]c2SC2C(=O)N(c3cccc(C(F)(F)F)c3)C(=O)C21)Nc1ccccc1. The Hall–Kier alpha value is -3.88. The van der Waals surface area contributed by atoms with Crippen LogP contribution in [0.3, 0.4) is 0 Å². The van der Waals surface area contributed by atoms with E-state index in [4.69, 9.17) is 4.74 Å². The lowest BCUT2D eigenvalue weighted by atomic mass is 9.82. The van der Waals surface area contributed by atoms with Crippen LogP contribution in [0.4, 0.5) is 24.5 Å². The number of aromatic amines is 1. The molecule has 0 spiro atoms. The molecule has 220 valence electrons. The number of rotatable bonds is 6. The van der Waals surface area contributed by atoms with E-state index in [9.17, 15) is 32.3 Å². The summed E-state index contributed by atoms with van der Waals surface area (Å²) in [5.74, 6) is -3.53. The number of thiazole rings is 1. The van der Waals surface area contributed by atoms with E-state index in [1.807, 2.05) is 6.07 Å². The second-order valence-electron chi connectivity index (χ2n) is 9.69. The highest BCUT2D eigenvalue weighted by Gasteiger charge is 2.57. The molecule has 3 heterocycles. The van der Waals surface area contributed by atoms with Crippen molar-refractivity contribution in [2.45, 2.75) is 22.4 Å². The van der Waals surface area contributed by atoms with E-state index in [1.165, 1.54) is 6.07 Å². The number of ether oxygens (including phenoxy) is 1. The van der Waals surface area contributed by atoms with Gasteiger partial charge in [-0.2, -0.15) is 13.2 Å². The molecule has 8 nitrogen and oxygen atoms in total. The van der Waals surface area contributed by atoms with E-state index in [1.54, 1.807) is 42.5 Å². The molecule has 0 saturated carbocycles. The largest absolute Gasteiger partial charge is 0.483 e. The highest BCUT2D eigenvalue weighted by Crippen LogP contribution is 2.55. The van der Waals surface area contributed by atoms with Gasteiger partial charge in [-0.05, 0) is 48.5 Å². The van der Waals surface area contributed by atoms with E-state index < -0.39 is 51.4 Å². The van der Waals surface area contributed by atoms with Gasteiger partial charge in [0.25, 0.3) is 5.91 Å². The number of benzene rings is 3. The Morgan fingerprint density at radius 2 is 1.77 bits per heavy atom. The fourth-order valence-electron chi connectivity index (χ4n) is 5.18. The highest BCUT2D eigenvalue weighted by atomic mass is 79.9. The fraction of sp³-hybridized carbons (Fsp3) is 0.172. The normalized spacial score (nSPS) is 19.6. The first-order valence-electron chi connectivity index (χ1n) is 12.7. The molecule has 14 heteroatoms. The van der Waals surface area contributed by atoms with Crippen molar-refractivity contribution in [3.63, 3.8) is 0 Å². The molecule has 4 aromatic rings. The molecule has 2 unspecified atom stereocenters. The molecule has 0 radical (unpaired) electrons. The Balaban J connectivity index is 1.38. The number of anilines is 2. The quantitative estimate of drug-likeness (QED) is 0.240. The van der Waals surface area contributed by atoms with E-state index in [2.05, 4.69) is 26.2 Å². The maximum atomic E-state index is 14.0. The summed E-state index contributed by atoms with van der Waals surface area (Å²) in [6.45, 7) is -0.376. The second-order valence-corrected chi connectivity index (χ2v) is 12.8. The van der Waals surface area contributed by atoms with Gasteiger partial charge in [0.2, 0.25) is 11.8 Å². The number of alkyl halides is 3. The van der Waals surface area contributed by atoms with Crippen molar-refractivity contribution in [1.29, 1.82) is 0 Å². The summed E-state index contributed by atoms with van der Waals surface area (Å²) in [5.41, 5.74) is -0.185. The van der Waals surface area contributed by atoms with Crippen molar-refractivity contribution < 1.29 is 32.3 Å². The number of para-hydroxylation sites is 1. The maximum absolute atomic E-state index is 14.0. The third-order valence-corrected chi connectivity index (χ3v) is 9.87. The number of carbonyl (C=O) groups is 3. The average molecular weight is 691 g/mol. The summed E-state index contributed by atoms with van der Waals surface area (Å²) in [4.78, 5) is 56.3.